The molecule has 208 valence electrons. The minimum Gasteiger partial charge on any atom is -0.493 e. The van der Waals surface area contributed by atoms with E-state index in [2.05, 4.69) is 4.90 Å². The number of anilines is 1. The zero-order valence-corrected chi connectivity index (χ0v) is 23.8. The van der Waals surface area contributed by atoms with Crippen LogP contribution in [-0.4, -0.2) is 82.0 Å². The number of morpholine rings is 1. The van der Waals surface area contributed by atoms with Crippen LogP contribution in [0.25, 0.3) is 0 Å². The zero-order chi connectivity index (χ0) is 27.6. The summed E-state index contributed by atoms with van der Waals surface area (Å²) < 4.78 is 21.5. The molecule has 39 heavy (non-hydrogen) atoms. The van der Waals surface area contributed by atoms with Crippen LogP contribution in [0.3, 0.4) is 0 Å². The number of carbonyl (C=O) groups is 1. The first kappa shape index (κ1) is 28.7. The second-order valence-electron chi connectivity index (χ2n) is 9.19. The number of thioether (sulfide) groups is 1. The number of rotatable bonds is 12. The number of carbonyl (C=O) groups excluding carboxylic acids is 1. The zero-order valence-electron chi connectivity index (χ0n) is 23.0. The van der Waals surface area contributed by atoms with Crippen molar-refractivity contribution >= 4 is 23.5 Å². The topological polar surface area (TPSA) is 86.3 Å². The van der Waals surface area contributed by atoms with E-state index in [0.717, 1.165) is 41.4 Å². The lowest BCUT2D eigenvalue weighted by atomic mass is 10.1. The maximum atomic E-state index is 12.9. The lowest BCUT2D eigenvalue weighted by Gasteiger charge is -2.27. The Morgan fingerprint density at radius 1 is 1.00 bits per heavy atom. The van der Waals surface area contributed by atoms with Gasteiger partial charge in [0.05, 0.1) is 39.7 Å². The van der Waals surface area contributed by atoms with Crippen molar-refractivity contribution in [3.63, 3.8) is 0 Å². The minimum absolute atomic E-state index is 0.0434. The molecule has 2 aromatic carbocycles. The first-order chi connectivity index (χ1) is 19.0. The Morgan fingerprint density at radius 2 is 1.79 bits per heavy atom. The van der Waals surface area contributed by atoms with Crippen molar-refractivity contribution in [3.8, 4) is 11.5 Å². The van der Waals surface area contributed by atoms with Crippen LogP contribution in [-0.2, 0) is 28.3 Å². The molecule has 1 aromatic heterocycles. The smallest absolute Gasteiger partial charge is 0.254 e. The Bertz CT molecular complexity index is 1250. The molecule has 1 fully saturated rings. The van der Waals surface area contributed by atoms with Crippen LogP contribution in [0.15, 0.2) is 53.7 Å². The lowest BCUT2D eigenvalue weighted by Crippen LogP contribution is -2.40. The quantitative estimate of drug-likeness (QED) is 0.244. The van der Waals surface area contributed by atoms with Crippen molar-refractivity contribution in [3.05, 3.63) is 70.9 Å². The van der Waals surface area contributed by atoms with E-state index in [1.165, 1.54) is 0 Å². The molecule has 1 saturated heterocycles. The van der Waals surface area contributed by atoms with Crippen LogP contribution in [0.1, 0.15) is 27.2 Å². The predicted molar refractivity (Wildman–Crippen MR) is 152 cm³/mol. The van der Waals surface area contributed by atoms with Gasteiger partial charge in [-0.15, -0.1) is 0 Å². The SMILES string of the molecule is COCc1cc(N(C)CCc2ccc(OC)c(OC)c2)nc(SCc2cccc(C(=O)N3CCOCC3)c2)n1. The molecule has 10 heteroatoms. The van der Waals surface area contributed by atoms with Crippen LogP contribution in [0.5, 0.6) is 11.5 Å². The molecule has 0 spiro atoms. The molecule has 3 aromatic rings. The van der Waals surface area contributed by atoms with Crippen LogP contribution in [0, 0.1) is 0 Å². The summed E-state index contributed by atoms with van der Waals surface area (Å²) in [6.45, 7) is 3.58. The standard InChI is InChI=1S/C29H36N4O5S/c1-32(11-10-21-8-9-25(36-3)26(17-21)37-4)27-18-24(19-35-2)30-29(31-27)39-20-22-6-5-7-23(16-22)28(34)33-12-14-38-15-13-33/h5-9,16-18H,10-15,19-20H2,1-4H3. The van der Waals surface area contributed by atoms with Gasteiger partial charge in [0.1, 0.15) is 5.82 Å². The minimum atomic E-state index is 0.0434. The number of hydrogen-bond donors (Lipinski definition) is 0. The van der Waals surface area contributed by atoms with Gasteiger partial charge >= 0.3 is 0 Å². The van der Waals surface area contributed by atoms with Crippen molar-refractivity contribution in [1.29, 1.82) is 0 Å². The Balaban J connectivity index is 1.42. The summed E-state index contributed by atoms with van der Waals surface area (Å²) in [6.07, 6.45) is 0.812. The summed E-state index contributed by atoms with van der Waals surface area (Å²) >= 11 is 1.54. The van der Waals surface area contributed by atoms with E-state index in [-0.39, 0.29) is 5.91 Å². The highest BCUT2D eigenvalue weighted by Crippen LogP contribution is 2.28. The Kier molecular flexibility index (Phi) is 10.4. The second-order valence-corrected chi connectivity index (χ2v) is 10.1. The Labute approximate surface area is 234 Å². The van der Waals surface area contributed by atoms with E-state index in [1.807, 2.05) is 60.5 Å². The highest BCUT2D eigenvalue weighted by molar-refractivity contribution is 7.98. The summed E-state index contributed by atoms with van der Waals surface area (Å²) in [5.41, 5.74) is 3.70. The third kappa shape index (κ3) is 7.84. The van der Waals surface area contributed by atoms with Gasteiger partial charge in [-0.3, -0.25) is 4.79 Å². The fourth-order valence-corrected chi connectivity index (χ4v) is 5.10. The van der Waals surface area contributed by atoms with Gasteiger partial charge in [-0.05, 0) is 41.8 Å². The molecule has 0 N–H and O–H groups in total. The van der Waals surface area contributed by atoms with E-state index in [0.29, 0.717) is 55.1 Å². The maximum absolute atomic E-state index is 12.9. The molecular weight excluding hydrogens is 516 g/mol. The van der Waals surface area contributed by atoms with Crippen LogP contribution >= 0.6 is 11.8 Å². The van der Waals surface area contributed by atoms with E-state index in [4.69, 9.17) is 28.9 Å². The molecule has 9 nitrogen and oxygen atoms in total. The second kappa shape index (κ2) is 14.2. The van der Waals surface area contributed by atoms with E-state index in [9.17, 15) is 4.79 Å². The highest BCUT2D eigenvalue weighted by atomic mass is 32.2. The van der Waals surface area contributed by atoms with Gasteiger partial charge in [0.25, 0.3) is 5.91 Å². The largest absolute Gasteiger partial charge is 0.493 e. The summed E-state index contributed by atoms with van der Waals surface area (Å²) in [5, 5.41) is 0.669. The van der Waals surface area contributed by atoms with Gasteiger partial charge in [-0.2, -0.15) is 0 Å². The first-order valence-corrected chi connectivity index (χ1v) is 13.9. The number of methoxy groups -OCH3 is 3. The molecular formula is C29H36N4O5S. The van der Waals surface area contributed by atoms with Gasteiger partial charge in [-0.25, -0.2) is 9.97 Å². The van der Waals surface area contributed by atoms with Crippen molar-refractivity contribution in [2.75, 3.05) is 66.1 Å². The summed E-state index contributed by atoms with van der Waals surface area (Å²) in [4.78, 5) is 26.4. The third-order valence-corrected chi connectivity index (χ3v) is 7.37. The number of benzene rings is 2. The average Bonchev–Trinajstić information content (AvgIpc) is 2.99. The Morgan fingerprint density at radius 3 is 2.54 bits per heavy atom. The summed E-state index contributed by atoms with van der Waals surface area (Å²) in [7, 11) is 6.96. The fourth-order valence-electron chi connectivity index (χ4n) is 4.28. The molecule has 0 aliphatic carbocycles. The van der Waals surface area contributed by atoms with Gasteiger partial charge < -0.3 is 28.7 Å². The number of aromatic nitrogens is 2. The summed E-state index contributed by atoms with van der Waals surface area (Å²) in [5.74, 6) is 2.96. The summed E-state index contributed by atoms with van der Waals surface area (Å²) in [6, 6.07) is 15.7. The number of hydrogen-bond acceptors (Lipinski definition) is 9. The maximum Gasteiger partial charge on any atom is 0.254 e. The monoisotopic (exact) mass is 552 g/mol. The molecule has 0 bridgehead atoms. The lowest BCUT2D eigenvalue weighted by molar-refractivity contribution is 0.0303. The van der Waals surface area contributed by atoms with Crippen LogP contribution in [0.4, 0.5) is 5.82 Å². The number of amides is 1. The molecule has 0 atom stereocenters. The van der Waals surface area contributed by atoms with Crippen molar-refractivity contribution in [2.45, 2.75) is 23.9 Å². The predicted octanol–water partition coefficient (Wildman–Crippen LogP) is 4.08. The fraction of sp³-hybridized carbons (Fsp3) is 0.414. The number of nitrogens with zero attached hydrogens (tertiary/aromatic N) is 4. The normalized spacial score (nSPS) is 13.3. The van der Waals surface area contributed by atoms with Gasteiger partial charge in [0.15, 0.2) is 16.7 Å². The molecule has 1 amide bonds. The van der Waals surface area contributed by atoms with Crippen molar-refractivity contribution in [1.82, 2.24) is 14.9 Å². The molecule has 4 rings (SSSR count). The number of likely N-dealkylation sites (N-methyl/N-ethyl adjacent to an activating group) is 1. The van der Waals surface area contributed by atoms with E-state index < -0.39 is 0 Å². The molecule has 1 aliphatic rings. The molecule has 0 saturated carbocycles. The van der Waals surface area contributed by atoms with Gasteiger partial charge in [-0.1, -0.05) is 30.0 Å². The van der Waals surface area contributed by atoms with Gasteiger partial charge in [0.2, 0.25) is 0 Å². The Hall–Kier alpha value is -3.34. The third-order valence-electron chi connectivity index (χ3n) is 6.45. The van der Waals surface area contributed by atoms with E-state index >= 15 is 0 Å². The molecule has 2 heterocycles. The first-order valence-electron chi connectivity index (χ1n) is 12.9. The average molecular weight is 553 g/mol. The molecule has 1 aliphatic heterocycles. The van der Waals surface area contributed by atoms with E-state index in [1.54, 1.807) is 33.1 Å². The van der Waals surface area contributed by atoms with Crippen molar-refractivity contribution in [2.24, 2.45) is 0 Å². The van der Waals surface area contributed by atoms with Crippen molar-refractivity contribution < 1.29 is 23.7 Å². The van der Waals surface area contributed by atoms with Gasteiger partial charge in [0, 0.05) is 51.2 Å². The highest BCUT2D eigenvalue weighted by Gasteiger charge is 2.19. The number of ether oxygens (including phenoxy) is 4. The molecule has 0 unspecified atom stereocenters. The van der Waals surface area contributed by atoms with Crippen LogP contribution < -0.4 is 14.4 Å². The van der Waals surface area contributed by atoms with Crippen LogP contribution in [0.2, 0.25) is 0 Å². The molecule has 0 radical (unpaired) electrons.